The summed E-state index contributed by atoms with van der Waals surface area (Å²) >= 11 is 0. The SMILES string of the molecule is COC(=O)c1cc(C(=O)OC)c2cc[nH]c2c1. The van der Waals surface area contributed by atoms with Crippen LogP contribution in [-0.4, -0.2) is 31.1 Å². The number of aromatic nitrogens is 1. The Morgan fingerprint density at radius 1 is 1.12 bits per heavy atom. The van der Waals surface area contributed by atoms with Crippen LogP contribution in [0, 0.1) is 0 Å². The van der Waals surface area contributed by atoms with Crippen LogP contribution in [0.5, 0.6) is 0 Å². The number of fused-ring (bicyclic) bond motifs is 1. The van der Waals surface area contributed by atoms with Gasteiger partial charge in [-0.2, -0.15) is 0 Å². The third kappa shape index (κ3) is 1.87. The molecule has 0 saturated carbocycles. The van der Waals surface area contributed by atoms with Crippen LogP contribution >= 0.6 is 0 Å². The van der Waals surface area contributed by atoms with Gasteiger partial charge in [-0.3, -0.25) is 0 Å². The monoisotopic (exact) mass is 233 g/mol. The number of rotatable bonds is 2. The van der Waals surface area contributed by atoms with E-state index in [4.69, 9.17) is 0 Å². The molecule has 0 fully saturated rings. The molecule has 0 aliphatic rings. The van der Waals surface area contributed by atoms with Crippen molar-refractivity contribution in [1.29, 1.82) is 0 Å². The molecule has 0 unspecified atom stereocenters. The van der Waals surface area contributed by atoms with Crippen molar-refractivity contribution in [3.8, 4) is 0 Å². The lowest BCUT2D eigenvalue weighted by Crippen LogP contribution is -2.06. The van der Waals surface area contributed by atoms with Gasteiger partial charge in [0, 0.05) is 17.1 Å². The summed E-state index contributed by atoms with van der Waals surface area (Å²) in [4.78, 5) is 26.0. The topological polar surface area (TPSA) is 68.4 Å². The smallest absolute Gasteiger partial charge is 0.338 e. The zero-order chi connectivity index (χ0) is 12.4. The Morgan fingerprint density at radius 3 is 2.47 bits per heavy atom. The van der Waals surface area contributed by atoms with E-state index in [-0.39, 0.29) is 0 Å². The molecule has 0 radical (unpaired) electrons. The van der Waals surface area contributed by atoms with E-state index in [1.54, 1.807) is 18.3 Å². The normalized spacial score (nSPS) is 10.2. The summed E-state index contributed by atoms with van der Waals surface area (Å²) in [6, 6.07) is 4.85. The summed E-state index contributed by atoms with van der Waals surface area (Å²) in [6.07, 6.45) is 1.69. The first-order chi connectivity index (χ1) is 8.17. The second kappa shape index (κ2) is 4.29. The Kier molecular flexibility index (Phi) is 2.82. The molecule has 1 heterocycles. The second-order valence-electron chi connectivity index (χ2n) is 3.45. The molecule has 5 nitrogen and oxygen atoms in total. The highest BCUT2D eigenvalue weighted by atomic mass is 16.5. The first kappa shape index (κ1) is 11.2. The molecule has 1 N–H and O–H groups in total. The summed E-state index contributed by atoms with van der Waals surface area (Å²) in [7, 11) is 2.59. The number of hydrogen-bond acceptors (Lipinski definition) is 4. The maximum Gasteiger partial charge on any atom is 0.338 e. The van der Waals surface area contributed by atoms with Crippen LogP contribution in [0.25, 0.3) is 10.9 Å². The Labute approximate surface area is 97.3 Å². The fourth-order valence-electron chi connectivity index (χ4n) is 1.68. The molecular formula is C12H11NO4. The van der Waals surface area contributed by atoms with Crippen LogP contribution in [-0.2, 0) is 9.47 Å². The molecule has 0 atom stereocenters. The van der Waals surface area contributed by atoms with Crippen molar-refractivity contribution in [3.05, 3.63) is 35.5 Å². The van der Waals surface area contributed by atoms with Crippen molar-refractivity contribution in [3.63, 3.8) is 0 Å². The van der Waals surface area contributed by atoms with Gasteiger partial charge in [-0.1, -0.05) is 0 Å². The number of aromatic amines is 1. The molecule has 1 aromatic heterocycles. The largest absolute Gasteiger partial charge is 0.465 e. The molecule has 0 aliphatic heterocycles. The Balaban J connectivity index is 2.66. The van der Waals surface area contributed by atoms with E-state index >= 15 is 0 Å². The van der Waals surface area contributed by atoms with E-state index in [0.29, 0.717) is 22.0 Å². The van der Waals surface area contributed by atoms with Gasteiger partial charge in [-0.05, 0) is 18.2 Å². The van der Waals surface area contributed by atoms with Gasteiger partial charge in [0.05, 0.1) is 25.3 Å². The van der Waals surface area contributed by atoms with E-state index in [2.05, 4.69) is 14.5 Å². The van der Waals surface area contributed by atoms with E-state index in [1.807, 2.05) is 0 Å². The number of H-pyrrole nitrogens is 1. The van der Waals surface area contributed by atoms with Crippen molar-refractivity contribution in [2.24, 2.45) is 0 Å². The van der Waals surface area contributed by atoms with Crippen LogP contribution in [0.1, 0.15) is 20.7 Å². The molecule has 0 bridgehead atoms. The van der Waals surface area contributed by atoms with Crippen molar-refractivity contribution in [2.75, 3.05) is 14.2 Å². The fourth-order valence-corrected chi connectivity index (χ4v) is 1.68. The van der Waals surface area contributed by atoms with Crippen LogP contribution in [0.15, 0.2) is 24.4 Å². The van der Waals surface area contributed by atoms with Gasteiger partial charge in [0.2, 0.25) is 0 Å². The van der Waals surface area contributed by atoms with E-state index in [1.165, 1.54) is 20.3 Å². The predicted molar refractivity (Wildman–Crippen MR) is 61.0 cm³/mol. The predicted octanol–water partition coefficient (Wildman–Crippen LogP) is 1.74. The number of methoxy groups -OCH3 is 2. The van der Waals surface area contributed by atoms with Crippen molar-refractivity contribution in [2.45, 2.75) is 0 Å². The van der Waals surface area contributed by atoms with Gasteiger partial charge in [-0.15, -0.1) is 0 Å². The number of nitrogens with one attached hydrogen (secondary N) is 1. The molecule has 88 valence electrons. The highest BCUT2D eigenvalue weighted by molar-refractivity contribution is 6.07. The molecule has 0 aliphatic carbocycles. The third-order valence-corrected chi connectivity index (χ3v) is 2.50. The van der Waals surface area contributed by atoms with Gasteiger partial charge >= 0.3 is 11.9 Å². The quantitative estimate of drug-likeness (QED) is 0.802. The molecule has 2 rings (SSSR count). The summed E-state index contributed by atoms with van der Waals surface area (Å²) in [5.74, 6) is -0.980. The Bertz CT molecular complexity index is 585. The molecule has 1 aromatic carbocycles. The van der Waals surface area contributed by atoms with Gasteiger partial charge in [0.1, 0.15) is 0 Å². The van der Waals surface area contributed by atoms with Gasteiger partial charge in [0.25, 0.3) is 0 Å². The van der Waals surface area contributed by atoms with Crippen molar-refractivity contribution in [1.82, 2.24) is 4.98 Å². The number of benzene rings is 1. The zero-order valence-electron chi connectivity index (χ0n) is 9.44. The molecule has 0 spiro atoms. The molecule has 17 heavy (non-hydrogen) atoms. The van der Waals surface area contributed by atoms with Crippen LogP contribution in [0.2, 0.25) is 0 Å². The fraction of sp³-hybridized carbons (Fsp3) is 0.167. The lowest BCUT2D eigenvalue weighted by Gasteiger charge is -2.04. The minimum atomic E-state index is -0.494. The van der Waals surface area contributed by atoms with Crippen LogP contribution < -0.4 is 0 Å². The molecule has 0 amide bonds. The highest BCUT2D eigenvalue weighted by Crippen LogP contribution is 2.21. The Morgan fingerprint density at radius 2 is 1.82 bits per heavy atom. The number of ether oxygens (including phenoxy) is 2. The number of hydrogen-bond donors (Lipinski definition) is 1. The Hall–Kier alpha value is -2.30. The standard InChI is InChI=1S/C12H11NO4/c1-16-11(14)7-5-9(12(15)17-2)8-3-4-13-10(8)6-7/h3-6,13H,1-2H3. The molecule has 5 heteroatoms. The number of carbonyl (C=O) groups excluding carboxylic acids is 2. The van der Waals surface area contributed by atoms with Crippen molar-refractivity contribution >= 4 is 22.8 Å². The van der Waals surface area contributed by atoms with E-state index < -0.39 is 11.9 Å². The zero-order valence-corrected chi connectivity index (χ0v) is 9.44. The summed E-state index contributed by atoms with van der Waals surface area (Å²) in [5, 5.41) is 0.713. The first-order valence-corrected chi connectivity index (χ1v) is 4.95. The third-order valence-electron chi connectivity index (χ3n) is 2.50. The minimum absolute atomic E-state index is 0.308. The number of esters is 2. The summed E-state index contributed by atoms with van der Waals surface area (Å²) in [5.41, 5.74) is 1.34. The second-order valence-corrected chi connectivity index (χ2v) is 3.45. The maximum absolute atomic E-state index is 11.6. The lowest BCUT2D eigenvalue weighted by atomic mass is 10.1. The average Bonchev–Trinajstić information content (AvgIpc) is 2.83. The summed E-state index contributed by atoms with van der Waals surface area (Å²) < 4.78 is 9.30. The molecule has 2 aromatic rings. The molecular weight excluding hydrogens is 222 g/mol. The first-order valence-electron chi connectivity index (χ1n) is 4.95. The van der Waals surface area contributed by atoms with Gasteiger partial charge < -0.3 is 14.5 Å². The number of carbonyl (C=O) groups is 2. The van der Waals surface area contributed by atoms with Crippen LogP contribution in [0.3, 0.4) is 0 Å². The van der Waals surface area contributed by atoms with E-state index in [9.17, 15) is 9.59 Å². The van der Waals surface area contributed by atoms with Crippen molar-refractivity contribution < 1.29 is 19.1 Å². The lowest BCUT2D eigenvalue weighted by molar-refractivity contribution is 0.0600. The minimum Gasteiger partial charge on any atom is -0.465 e. The average molecular weight is 233 g/mol. The van der Waals surface area contributed by atoms with E-state index in [0.717, 1.165) is 0 Å². The van der Waals surface area contributed by atoms with Gasteiger partial charge in [-0.25, -0.2) is 9.59 Å². The summed E-state index contributed by atoms with van der Waals surface area (Å²) in [6.45, 7) is 0. The maximum atomic E-state index is 11.6. The molecule has 0 saturated heterocycles. The van der Waals surface area contributed by atoms with Crippen LogP contribution in [0.4, 0.5) is 0 Å². The highest BCUT2D eigenvalue weighted by Gasteiger charge is 2.16. The van der Waals surface area contributed by atoms with Gasteiger partial charge in [0.15, 0.2) is 0 Å².